The van der Waals surface area contributed by atoms with Crippen LogP contribution in [0.25, 0.3) is 11.0 Å². The third kappa shape index (κ3) is 3.62. The lowest BCUT2D eigenvalue weighted by molar-refractivity contribution is -0.128. The number of benzene rings is 1. The number of furan rings is 1. The third-order valence-electron chi connectivity index (χ3n) is 3.15. The molecule has 2 amide bonds. The molecule has 8 heteroatoms. The van der Waals surface area contributed by atoms with Crippen molar-refractivity contribution >= 4 is 40.5 Å². The largest absolute Gasteiger partial charge is 0.453 e. The number of amides is 2. The maximum atomic E-state index is 12.1. The average Bonchev–Trinajstić information content (AvgIpc) is 2.83. The summed E-state index contributed by atoms with van der Waals surface area (Å²) in [5, 5.41) is 3.09. The average molecular weight is 340 g/mol. The fourth-order valence-electron chi connectivity index (χ4n) is 1.91. The minimum atomic E-state index is -1.20. The maximum absolute atomic E-state index is 12.1. The predicted octanol–water partition coefficient (Wildman–Crippen LogP) is 2.82. The standard InChI is InChI=1S/C15H14ClNO6/c1-7-10-6-9(16)4-5-11(10)23-12(7)14(19)22-8(2)13(18)17-15(20)21-3/h4-6,8H,1-3H3,(H,17,18,20)/t8-/m0/s1. The molecule has 122 valence electrons. The summed E-state index contributed by atoms with van der Waals surface area (Å²) in [5.41, 5.74) is 1.03. The number of hydrogen-bond donors (Lipinski definition) is 1. The Morgan fingerprint density at radius 3 is 2.65 bits per heavy atom. The predicted molar refractivity (Wildman–Crippen MR) is 81.4 cm³/mol. The first-order chi connectivity index (χ1) is 10.8. The highest BCUT2D eigenvalue weighted by atomic mass is 35.5. The monoisotopic (exact) mass is 339 g/mol. The molecule has 1 aromatic carbocycles. The van der Waals surface area contributed by atoms with Crippen LogP contribution in [0.1, 0.15) is 23.0 Å². The van der Waals surface area contributed by atoms with Gasteiger partial charge < -0.3 is 13.9 Å². The van der Waals surface area contributed by atoms with Gasteiger partial charge in [-0.05, 0) is 32.0 Å². The third-order valence-corrected chi connectivity index (χ3v) is 3.38. The molecule has 2 rings (SSSR count). The van der Waals surface area contributed by atoms with Crippen LogP contribution in [-0.2, 0) is 14.3 Å². The number of esters is 1. The molecule has 0 saturated carbocycles. The van der Waals surface area contributed by atoms with Crippen LogP contribution in [0.4, 0.5) is 4.79 Å². The molecule has 1 heterocycles. The topological polar surface area (TPSA) is 94.8 Å². The lowest BCUT2D eigenvalue weighted by Gasteiger charge is -2.11. The van der Waals surface area contributed by atoms with Gasteiger partial charge in [0.15, 0.2) is 6.10 Å². The summed E-state index contributed by atoms with van der Waals surface area (Å²) >= 11 is 5.91. The van der Waals surface area contributed by atoms with Crippen molar-refractivity contribution in [3.63, 3.8) is 0 Å². The van der Waals surface area contributed by atoms with Crippen LogP contribution in [0.5, 0.6) is 0 Å². The number of hydrogen-bond acceptors (Lipinski definition) is 6. The van der Waals surface area contributed by atoms with E-state index in [-0.39, 0.29) is 5.76 Å². The Balaban J connectivity index is 2.16. The Kier molecular flexibility index (Phi) is 4.90. The lowest BCUT2D eigenvalue weighted by Crippen LogP contribution is -2.39. The Bertz CT molecular complexity index is 782. The molecule has 0 radical (unpaired) electrons. The van der Waals surface area contributed by atoms with Crippen molar-refractivity contribution in [1.82, 2.24) is 5.32 Å². The Morgan fingerprint density at radius 1 is 1.30 bits per heavy atom. The molecule has 2 aromatic rings. The van der Waals surface area contributed by atoms with E-state index in [1.165, 1.54) is 6.92 Å². The van der Waals surface area contributed by atoms with Gasteiger partial charge in [-0.2, -0.15) is 0 Å². The smallest absolute Gasteiger partial charge is 0.413 e. The number of carbonyl (C=O) groups is 3. The number of carbonyl (C=O) groups excluding carboxylic acids is 3. The van der Waals surface area contributed by atoms with Gasteiger partial charge in [0.2, 0.25) is 5.76 Å². The van der Waals surface area contributed by atoms with Crippen LogP contribution in [0, 0.1) is 6.92 Å². The van der Waals surface area contributed by atoms with Crippen LogP contribution in [0.15, 0.2) is 22.6 Å². The van der Waals surface area contributed by atoms with Crippen molar-refractivity contribution in [3.05, 3.63) is 34.5 Å². The van der Waals surface area contributed by atoms with Gasteiger partial charge in [0, 0.05) is 16.0 Å². The molecule has 0 aliphatic heterocycles. The summed E-state index contributed by atoms with van der Waals surface area (Å²) in [6.45, 7) is 3.00. The molecule has 0 unspecified atom stereocenters. The van der Waals surface area contributed by atoms with E-state index in [0.29, 0.717) is 21.6 Å². The van der Waals surface area contributed by atoms with Crippen molar-refractivity contribution in [2.45, 2.75) is 20.0 Å². The van der Waals surface area contributed by atoms with E-state index in [2.05, 4.69) is 4.74 Å². The van der Waals surface area contributed by atoms with Crippen molar-refractivity contribution < 1.29 is 28.3 Å². The Labute approximate surface area is 136 Å². The first-order valence-electron chi connectivity index (χ1n) is 6.62. The summed E-state index contributed by atoms with van der Waals surface area (Å²) in [4.78, 5) is 34.7. The first kappa shape index (κ1) is 16.8. The second-order valence-electron chi connectivity index (χ2n) is 4.73. The molecule has 0 fully saturated rings. The quantitative estimate of drug-likeness (QED) is 0.864. The fourth-order valence-corrected chi connectivity index (χ4v) is 2.08. The van der Waals surface area contributed by atoms with Crippen molar-refractivity contribution in [1.29, 1.82) is 0 Å². The molecule has 1 aromatic heterocycles. The summed E-state index contributed by atoms with van der Waals surface area (Å²) in [7, 11) is 1.11. The van der Waals surface area contributed by atoms with Crippen LogP contribution >= 0.6 is 11.6 Å². The van der Waals surface area contributed by atoms with Crippen LogP contribution in [0.2, 0.25) is 5.02 Å². The molecule has 0 spiro atoms. The minimum absolute atomic E-state index is 0.0278. The van der Waals surface area contributed by atoms with E-state index in [0.717, 1.165) is 7.11 Å². The maximum Gasteiger partial charge on any atom is 0.413 e. The number of imide groups is 1. The molecular weight excluding hydrogens is 326 g/mol. The molecule has 1 N–H and O–H groups in total. The SMILES string of the molecule is COC(=O)NC(=O)[C@H](C)OC(=O)c1oc2ccc(Cl)cc2c1C. The Hall–Kier alpha value is -2.54. The highest BCUT2D eigenvalue weighted by molar-refractivity contribution is 6.31. The van der Waals surface area contributed by atoms with Gasteiger partial charge >= 0.3 is 12.1 Å². The summed E-state index contributed by atoms with van der Waals surface area (Å²) < 4.78 is 14.7. The molecule has 0 aliphatic carbocycles. The molecule has 0 saturated heterocycles. The van der Waals surface area contributed by atoms with E-state index in [9.17, 15) is 14.4 Å². The van der Waals surface area contributed by atoms with E-state index in [1.807, 2.05) is 5.32 Å². The van der Waals surface area contributed by atoms with Gasteiger partial charge in [-0.3, -0.25) is 10.1 Å². The zero-order chi connectivity index (χ0) is 17.1. The van der Waals surface area contributed by atoms with Gasteiger partial charge in [0.05, 0.1) is 7.11 Å². The number of nitrogens with one attached hydrogen (secondary N) is 1. The van der Waals surface area contributed by atoms with Crippen molar-refractivity contribution in [2.75, 3.05) is 7.11 Å². The van der Waals surface area contributed by atoms with E-state index in [4.69, 9.17) is 20.8 Å². The van der Waals surface area contributed by atoms with Gasteiger partial charge in [-0.15, -0.1) is 0 Å². The molecule has 0 bridgehead atoms. The van der Waals surface area contributed by atoms with Gasteiger partial charge in [0.1, 0.15) is 5.58 Å². The summed E-state index contributed by atoms with van der Waals surface area (Å²) in [6.07, 6.45) is -2.13. The molecule has 7 nitrogen and oxygen atoms in total. The lowest BCUT2D eigenvalue weighted by atomic mass is 10.1. The van der Waals surface area contributed by atoms with Crippen molar-refractivity contribution in [2.24, 2.45) is 0 Å². The number of aryl methyl sites for hydroxylation is 1. The minimum Gasteiger partial charge on any atom is -0.453 e. The summed E-state index contributed by atoms with van der Waals surface area (Å²) in [6, 6.07) is 4.93. The van der Waals surface area contributed by atoms with E-state index in [1.54, 1.807) is 25.1 Å². The van der Waals surface area contributed by atoms with Crippen LogP contribution < -0.4 is 5.32 Å². The number of alkyl carbamates (subject to hydrolysis) is 1. The fraction of sp³-hybridized carbons (Fsp3) is 0.267. The summed E-state index contributed by atoms with van der Waals surface area (Å²) in [5.74, 6) is -1.65. The zero-order valence-corrected chi connectivity index (χ0v) is 13.4. The number of rotatable bonds is 3. The Morgan fingerprint density at radius 2 is 2.00 bits per heavy atom. The van der Waals surface area contributed by atoms with E-state index >= 15 is 0 Å². The molecule has 1 atom stereocenters. The number of methoxy groups -OCH3 is 1. The second kappa shape index (κ2) is 6.70. The number of halogens is 1. The number of ether oxygens (including phenoxy) is 2. The second-order valence-corrected chi connectivity index (χ2v) is 5.16. The molecule has 23 heavy (non-hydrogen) atoms. The zero-order valence-electron chi connectivity index (χ0n) is 12.6. The highest BCUT2D eigenvalue weighted by Crippen LogP contribution is 2.28. The molecular formula is C15H14ClNO6. The highest BCUT2D eigenvalue weighted by Gasteiger charge is 2.25. The van der Waals surface area contributed by atoms with E-state index < -0.39 is 24.1 Å². The first-order valence-corrected chi connectivity index (χ1v) is 6.99. The van der Waals surface area contributed by atoms with Gasteiger partial charge in [-0.25, -0.2) is 9.59 Å². The van der Waals surface area contributed by atoms with Crippen molar-refractivity contribution in [3.8, 4) is 0 Å². The normalized spacial score (nSPS) is 11.8. The van der Waals surface area contributed by atoms with Gasteiger partial charge in [0.25, 0.3) is 5.91 Å². The number of fused-ring (bicyclic) bond motifs is 1. The van der Waals surface area contributed by atoms with Crippen LogP contribution in [-0.4, -0.2) is 31.2 Å². The van der Waals surface area contributed by atoms with Gasteiger partial charge in [-0.1, -0.05) is 11.6 Å². The molecule has 0 aliphatic rings. The van der Waals surface area contributed by atoms with Crippen LogP contribution in [0.3, 0.4) is 0 Å².